The van der Waals surface area contributed by atoms with Gasteiger partial charge in [0.15, 0.2) is 0 Å². The van der Waals surface area contributed by atoms with Gasteiger partial charge < -0.3 is 15.5 Å². The minimum Gasteiger partial charge on any atom is -0.386 e. The van der Waals surface area contributed by atoms with Crippen molar-refractivity contribution >= 4 is 23.0 Å². The number of carbonyl (C=O) groups is 1. The first kappa shape index (κ1) is 21.5. The lowest BCUT2D eigenvalue weighted by atomic mass is 10.1. The summed E-state index contributed by atoms with van der Waals surface area (Å²) in [6.07, 6.45) is -10.3. The molecule has 6 nitrogen and oxygen atoms in total. The summed E-state index contributed by atoms with van der Waals surface area (Å²) in [5, 5.41) is 6.87. The third-order valence-electron chi connectivity index (χ3n) is 3.32. The predicted molar refractivity (Wildman–Crippen MR) is 83.8 cm³/mol. The Morgan fingerprint density at radius 3 is 2.23 bits per heavy atom. The molecule has 0 spiro atoms. The summed E-state index contributed by atoms with van der Waals surface area (Å²) >= 11 is 0. The van der Waals surface area contributed by atoms with Gasteiger partial charge in [-0.2, -0.15) is 26.3 Å². The summed E-state index contributed by atoms with van der Waals surface area (Å²) in [6, 6.07) is 2.10. The molecule has 0 bridgehead atoms. The number of alkyl halides is 6. The fourth-order valence-corrected chi connectivity index (χ4v) is 2.04. The largest absolute Gasteiger partial charge is 0.405 e. The van der Waals surface area contributed by atoms with Crippen molar-refractivity contribution in [2.24, 2.45) is 5.18 Å². The molecule has 0 saturated carbocycles. The van der Waals surface area contributed by atoms with Crippen LogP contribution >= 0.6 is 0 Å². The van der Waals surface area contributed by atoms with Crippen LogP contribution in [0.2, 0.25) is 0 Å². The van der Waals surface area contributed by atoms with E-state index in [0.29, 0.717) is 0 Å². The molecule has 2 N–H and O–H groups in total. The third kappa shape index (κ3) is 6.41. The van der Waals surface area contributed by atoms with Crippen LogP contribution in [0.25, 0.3) is 0 Å². The maximum absolute atomic E-state index is 12.4. The van der Waals surface area contributed by atoms with E-state index in [4.69, 9.17) is 0 Å². The molecule has 1 aromatic carbocycles. The maximum atomic E-state index is 12.4. The molecular formula is C14H16F6N4O2. The normalized spacial score (nSPS) is 11.8. The Kier molecular flexibility index (Phi) is 6.81. The number of nitrogens with one attached hydrogen (secondary N) is 2. The summed E-state index contributed by atoms with van der Waals surface area (Å²) in [6.45, 7) is -2.17. The number of hydrogen-bond acceptors (Lipinski definition) is 5. The van der Waals surface area contributed by atoms with Gasteiger partial charge in [-0.3, -0.25) is 4.79 Å². The molecule has 0 aliphatic rings. The second-order valence-electron chi connectivity index (χ2n) is 5.31. The van der Waals surface area contributed by atoms with Gasteiger partial charge in [0, 0.05) is 20.6 Å². The van der Waals surface area contributed by atoms with Gasteiger partial charge in [-0.05, 0) is 17.3 Å². The number of benzene rings is 1. The fraction of sp³-hybridized carbons (Fsp3) is 0.500. The average Bonchev–Trinajstić information content (AvgIpc) is 2.54. The van der Waals surface area contributed by atoms with E-state index in [2.05, 4.69) is 10.5 Å². The SMILES string of the molecule is CNc1cc(N(C)CCC(F)(F)F)c(C(=O)NCC(F)(F)F)cc1N=O. The molecule has 26 heavy (non-hydrogen) atoms. The second-order valence-corrected chi connectivity index (χ2v) is 5.31. The van der Waals surface area contributed by atoms with Gasteiger partial charge >= 0.3 is 12.4 Å². The van der Waals surface area contributed by atoms with Crippen LogP contribution < -0.4 is 15.5 Å². The Morgan fingerprint density at radius 2 is 1.77 bits per heavy atom. The minimum atomic E-state index is -4.67. The molecule has 0 unspecified atom stereocenters. The number of nitrogens with zero attached hydrogens (tertiary/aromatic N) is 2. The summed E-state index contributed by atoms with van der Waals surface area (Å²) in [5.41, 5.74) is -0.628. The van der Waals surface area contributed by atoms with Crippen molar-refractivity contribution in [2.75, 3.05) is 37.4 Å². The van der Waals surface area contributed by atoms with Gasteiger partial charge in [-0.25, -0.2) is 0 Å². The van der Waals surface area contributed by atoms with Crippen molar-refractivity contribution in [1.29, 1.82) is 0 Å². The van der Waals surface area contributed by atoms with Crippen LogP contribution in [0, 0.1) is 4.91 Å². The Balaban J connectivity index is 3.23. The molecule has 0 saturated heterocycles. The van der Waals surface area contributed by atoms with Crippen molar-refractivity contribution < 1.29 is 31.1 Å². The van der Waals surface area contributed by atoms with Crippen LogP contribution in [-0.2, 0) is 0 Å². The fourth-order valence-electron chi connectivity index (χ4n) is 2.04. The zero-order chi connectivity index (χ0) is 20.1. The molecule has 0 atom stereocenters. The van der Waals surface area contributed by atoms with Crippen molar-refractivity contribution in [1.82, 2.24) is 5.32 Å². The zero-order valence-corrected chi connectivity index (χ0v) is 13.8. The van der Waals surface area contributed by atoms with Gasteiger partial charge in [-0.15, -0.1) is 4.91 Å². The summed E-state index contributed by atoms with van der Waals surface area (Å²) < 4.78 is 74.1. The summed E-state index contributed by atoms with van der Waals surface area (Å²) in [7, 11) is 2.65. The van der Waals surface area contributed by atoms with E-state index in [1.54, 1.807) is 5.32 Å². The van der Waals surface area contributed by atoms with Crippen molar-refractivity contribution in [3.05, 3.63) is 22.6 Å². The Bertz CT molecular complexity index is 660. The molecule has 1 aromatic rings. The standard InChI is InChI=1S/C14H16F6N4O2/c1-21-9-6-11(24(2)4-3-13(15,16)17)8(5-10(9)23-26)12(25)22-7-14(18,19)20/h5-6,21H,3-4,7H2,1-2H3,(H,22,25). The summed E-state index contributed by atoms with van der Waals surface area (Å²) in [5.74, 6) is -1.19. The molecule has 0 radical (unpaired) electrons. The number of halogens is 6. The lowest BCUT2D eigenvalue weighted by Crippen LogP contribution is -2.35. The highest BCUT2D eigenvalue weighted by molar-refractivity contribution is 6.02. The third-order valence-corrected chi connectivity index (χ3v) is 3.32. The average molecular weight is 386 g/mol. The molecular weight excluding hydrogens is 370 g/mol. The topological polar surface area (TPSA) is 73.8 Å². The van der Waals surface area contributed by atoms with Gasteiger partial charge in [0.1, 0.15) is 12.2 Å². The number of anilines is 2. The van der Waals surface area contributed by atoms with Crippen LogP contribution in [-0.4, -0.2) is 45.4 Å². The number of nitroso groups, excluding NO2 is 1. The quantitative estimate of drug-likeness (QED) is 0.552. The van der Waals surface area contributed by atoms with Gasteiger partial charge in [-0.1, -0.05) is 0 Å². The highest BCUT2D eigenvalue weighted by Gasteiger charge is 2.30. The van der Waals surface area contributed by atoms with Gasteiger partial charge in [0.25, 0.3) is 5.91 Å². The van der Waals surface area contributed by atoms with Crippen molar-refractivity contribution in [3.8, 4) is 0 Å². The Hall–Kier alpha value is -2.53. The van der Waals surface area contributed by atoms with E-state index >= 15 is 0 Å². The molecule has 0 heterocycles. The van der Waals surface area contributed by atoms with E-state index < -0.39 is 43.3 Å². The molecule has 0 aliphatic heterocycles. The zero-order valence-electron chi connectivity index (χ0n) is 13.8. The number of carbonyl (C=O) groups excluding carboxylic acids is 1. The van der Waals surface area contributed by atoms with Gasteiger partial charge in [0.05, 0.1) is 23.4 Å². The Morgan fingerprint density at radius 1 is 1.15 bits per heavy atom. The molecule has 1 rings (SSSR count). The number of hydrogen-bond donors (Lipinski definition) is 2. The van der Waals surface area contributed by atoms with E-state index in [-0.39, 0.29) is 17.1 Å². The highest BCUT2D eigenvalue weighted by Crippen LogP contribution is 2.34. The number of rotatable bonds is 7. The first-order valence-electron chi connectivity index (χ1n) is 7.20. The van der Waals surface area contributed by atoms with Crippen LogP contribution in [0.5, 0.6) is 0 Å². The molecule has 0 aromatic heterocycles. The van der Waals surface area contributed by atoms with E-state index in [9.17, 15) is 36.0 Å². The second kappa shape index (κ2) is 8.23. The molecule has 146 valence electrons. The predicted octanol–water partition coefficient (Wildman–Crippen LogP) is 3.81. The molecule has 12 heteroatoms. The van der Waals surface area contributed by atoms with Crippen molar-refractivity contribution in [3.63, 3.8) is 0 Å². The number of amides is 1. The van der Waals surface area contributed by atoms with Crippen LogP contribution in [0.15, 0.2) is 17.3 Å². The lowest BCUT2D eigenvalue weighted by Gasteiger charge is -2.24. The van der Waals surface area contributed by atoms with Gasteiger partial charge in [0.2, 0.25) is 0 Å². The van der Waals surface area contributed by atoms with Crippen LogP contribution in [0.4, 0.5) is 43.4 Å². The lowest BCUT2D eigenvalue weighted by molar-refractivity contribution is -0.132. The Labute approximate surface area is 144 Å². The van der Waals surface area contributed by atoms with Crippen LogP contribution in [0.1, 0.15) is 16.8 Å². The summed E-state index contributed by atoms with van der Waals surface area (Å²) in [4.78, 5) is 24.0. The van der Waals surface area contributed by atoms with E-state index in [0.717, 1.165) is 11.0 Å². The minimum absolute atomic E-state index is 0.0781. The highest BCUT2D eigenvalue weighted by atomic mass is 19.4. The maximum Gasteiger partial charge on any atom is 0.405 e. The van der Waals surface area contributed by atoms with Crippen molar-refractivity contribution in [2.45, 2.75) is 18.8 Å². The molecule has 0 fully saturated rings. The first-order chi connectivity index (χ1) is 11.9. The van der Waals surface area contributed by atoms with Crippen LogP contribution in [0.3, 0.4) is 0 Å². The smallest absolute Gasteiger partial charge is 0.386 e. The monoisotopic (exact) mass is 386 g/mol. The molecule has 1 amide bonds. The molecule has 0 aliphatic carbocycles. The first-order valence-corrected chi connectivity index (χ1v) is 7.20. The van der Waals surface area contributed by atoms with E-state index in [1.165, 1.54) is 20.2 Å². The van der Waals surface area contributed by atoms with E-state index in [1.807, 2.05) is 0 Å².